The van der Waals surface area contributed by atoms with E-state index < -0.39 is 97.6 Å². The van der Waals surface area contributed by atoms with E-state index in [1.807, 2.05) is 0 Å². The molecule has 2 fully saturated rings. The van der Waals surface area contributed by atoms with Crippen molar-refractivity contribution in [1.82, 2.24) is 19.5 Å². The summed E-state index contributed by atoms with van der Waals surface area (Å²) in [4.78, 5) is 62.2. The number of aromatic nitrogens is 5. The van der Waals surface area contributed by atoms with Crippen LogP contribution in [0.15, 0.2) is 37.2 Å². The van der Waals surface area contributed by atoms with Crippen molar-refractivity contribution in [2.45, 2.75) is 61.9 Å². The first-order valence-corrected chi connectivity index (χ1v) is 19.5. The number of hydrogen-bond donors (Lipinski definition) is 9. The molecule has 287 valence electrons. The van der Waals surface area contributed by atoms with Gasteiger partial charge in [0.15, 0.2) is 36.2 Å². The van der Waals surface area contributed by atoms with Crippen molar-refractivity contribution >= 4 is 46.4 Å². The number of phosphoric ester groups is 3. The van der Waals surface area contributed by atoms with E-state index in [0.29, 0.717) is 5.56 Å². The molecule has 3 unspecified atom stereocenters. The summed E-state index contributed by atoms with van der Waals surface area (Å²) in [6, 6.07) is 3.13. The Morgan fingerprint density at radius 1 is 0.962 bits per heavy atom. The maximum Gasteiger partial charge on any atom is 0.481 e. The number of carboxylic acid groups (broad SMARTS) is 1. The first-order valence-electron chi connectivity index (χ1n) is 15.0. The molecule has 1 radical (unpaired) electrons. The van der Waals surface area contributed by atoms with E-state index in [4.69, 9.17) is 28.8 Å². The number of phosphoric acid groups is 3. The second-order valence-electron chi connectivity index (χ2n) is 11.5. The first kappa shape index (κ1) is 40.3. The molecule has 11 atom stereocenters. The number of aliphatic carboxylic acids is 1. The molecule has 52 heavy (non-hydrogen) atoms. The van der Waals surface area contributed by atoms with Crippen LogP contribution in [-0.2, 0) is 52.3 Å². The second kappa shape index (κ2) is 15.9. The lowest BCUT2D eigenvalue weighted by molar-refractivity contribution is -0.765. The van der Waals surface area contributed by atoms with Crippen LogP contribution in [0.25, 0.3) is 11.2 Å². The average Bonchev–Trinajstić information content (AvgIpc) is 3.71. The van der Waals surface area contributed by atoms with Gasteiger partial charge in [0.05, 0.1) is 25.5 Å². The van der Waals surface area contributed by atoms with Gasteiger partial charge < -0.3 is 55.2 Å². The van der Waals surface area contributed by atoms with Gasteiger partial charge in [-0.2, -0.15) is 8.88 Å². The van der Waals surface area contributed by atoms with Gasteiger partial charge in [-0.3, -0.25) is 22.9 Å². The van der Waals surface area contributed by atoms with Crippen LogP contribution in [0.1, 0.15) is 24.4 Å². The molecule has 2 saturated heterocycles. The Morgan fingerprint density at radius 3 is 2.15 bits per heavy atom. The number of imidazole rings is 1. The zero-order valence-corrected chi connectivity index (χ0v) is 29.2. The Bertz CT molecular complexity index is 1880. The molecule has 0 amide bonds. The summed E-state index contributed by atoms with van der Waals surface area (Å²) in [7, 11) is -16.3. The highest BCUT2D eigenvalue weighted by Gasteiger charge is 2.51. The van der Waals surface area contributed by atoms with Crippen molar-refractivity contribution in [3.05, 3.63) is 49.7 Å². The lowest BCUT2D eigenvalue weighted by Crippen LogP contribution is -2.45. The molecule has 27 heteroatoms. The molecule has 0 saturated carbocycles. The zero-order chi connectivity index (χ0) is 38.2. The molecule has 3 aromatic heterocycles. The fourth-order valence-electron chi connectivity index (χ4n) is 5.41. The van der Waals surface area contributed by atoms with E-state index in [2.05, 4.69) is 26.2 Å². The van der Waals surface area contributed by atoms with Crippen molar-refractivity contribution in [3.63, 3.8) is 0 Å². The van der Waals surface area contributed by atoms with E-state index in [0.717, 1.165) is 17.2 Å². The molecular weight excluding hydrogens is 765 g/mol. The van der Waals surface area contributed by atoms with Crippen LogP contribution in [0.2, 0.25) is 0 Å². The number of anilines is 1. The topological polar surface area (TPSA) is 359 Å². The summed E-state index contributed by atoms with van der Waals surface area (Å²) < 4.78 is 68.9. The number of carbonyl (C=O) groups is 1. The molecule has 2 aliphatic rings. The largest absolute Gasteiger partial charge is 0.481 e. The third-order valence-electron chi connectivity index (χ3n) is 7.98. The highest BCUT2D eigenvalue weighted by molar-refractivity contribution is 7.61. The van der Waals surface area contributed by atoms with Gasteiger partial charge in [-0.15, -0.1) is 0 Å². The third kappa shape index (κ3) is 9.43. The number of aliphatic hydroxyl groups is 3. The van der Waals surface area contributed by atoms with Crippen LogP contribution in [0.3, 0.4) is 0 Å². The quantitative estimate of drug-likeness (QED) is 0.0586. The molecule has 5 rings (SSSR count). The van der Waals surface area contributed by atoms with E-state index in [-0.39, 0.29) is 29.8 Å². The number of hydrogen-bond acceptors (Lipinski definition) is 17. The summed E-state index contributed by atoms with van der Waals surface area (Å²) in [6.45, 7) is 1.60. The predicted molar refractivity (Wildman–Crippen MR) is 167 cm³/mol. The number of nitrogens with two attached hydrogens (primary N) is 1. The Balaban J connectivity index is 1.18. The molecule has 0 bridgehead atoms. The van der Waals surface area contributed by atoms with Crippen LogP contribution in [0, 0.1) is 12.8 Å². The van der Waals surface area contributed by atoms with Crippen LogP contribution in [0.5, 0.6) is 0 Å². The van der Waals surface area contributed by atoms with Crippen molar-refractivity contribution < 1.29 is 90.4 Å². The number of carboxylic acids is 1. The van der Waals surface area contributed by atoms with Gasteiger partial charge in [0.2, 0.25) is 0 Å². The molecule has 10 N–H and O–H groups in total. The lowest BCUT2D eigenvalue weighted by Gasteiger charge is -2.22. The Kier molecular flexibility index (Phi) is 12.3. The van der Waals surface area contributed by atoms with Gasteiger partial charge in [-0.1, -0.05) is 6.92 Å². The molecule has 2 aliphatic heterocycles. The molecule has 0 aromatic carbocycles. The first-order chi connectivity index (χ1) is 24.3. The fourth-order valence-corrected chi connectivity index (χ4v) is 8.04. The fraction of sp³-hybridized carbons (Fsp3) is 0.520. The molecule has 24 nitrogen and oxygen atoms in total. The van der Waals surface area contributed by atoms with Gasteiger partial charge in [0.25, 0.3) is 6.23 Å². The lowest BCUT2D eigenvalue weighted by atomic mass is 9.98. The number of aliphatic hydroxyl groups excluding tert-OH is 3. The summed E-state index contributed by atoms with van der Waals surface area (Å²) in [5, 5.41) is 41.0. The van der Waals surface area contributed by atoms with E-state index in [1.54, 1.807) is 12.1 Å². The Morgan fingerprint density at radius 2 is 1.58 bits per heavy atom. The molecule has 0 aliphatic carbocycles. The normalized spacial score (nSPS) is 29.5. The molecule has 0 spiro atoms. The van der Waals surface area contributed by atoms with Crippen LogP contribution < -0.4 is 10.3 Å². The van der Waals surface area contributed by atoms with Crippen molar-refractivity contribution in [2.75, 3.05) is 18.9 Å². The number of fused-ring (bicyclic) bond motifs is 1. The van der Waals surface area contributed by atoms with Crippen molar-refractivity contribution in [3.8, 4) is 0 Å². The van der Waals surface area contributed by atoms with E-state index >= 15 is 0 Å². The van der Waals surface area contributed by atoms with Gasteiger partial charge >= 0.3 is 29.4 Å². The molecular formula is C25H35N6O18P3+. The van der Waals surface area contributed by atoms with Crippen molar-refractivity contribution in [2.24, 2.45) is 5.92 Å². The predicted octanol–water partition coefficient (Wildman–Crippen LogP) is -1.53. The Labute approximate surface area is 292 Å². The highest BCUT2D eigenvalue weighted by atomic mass is 31.3. The summed E-state index contributed by atoms with van der Waals surface area (Å²) in [5.74, 6) is -1.78. The van der Waals surface area contributed by atoms with Crippen LogP contribution in [0.4, 0.5) is 5.82 Å². The van der Waals surface area contributed by atoms with E-state index in [1.165, 1.54) is 17.0 Å². The highest BCUT2D eigenvalue weighted by Crippen LogP contribution is 2.61. The van der Waals surface area contributed by atoms with Crippen LogP contribution in [-0.4, -0.2) is 115 Å². The summed E-state index contributed by atoms with van der Waals surface area (Å²) in [5.41, 5.74) is 6.48. The number of pyridine rings is 1. The average molecular weight is 801 g/mol. The van der Waals surface area contributed by atoms with Gasteiger partial charge in [-0.05, 0) is 18.4 Å². The number of nitrogens with zero attached hydrogens (tertiary/aromatic N) is 5. The summed E-state index contributed by atoms with van der Waals surface area (Å²) >= 11 is 0. The monoisotopic (exact) mass is 800 g/mol. The smallest absolute Gasteiger partial charge is 0.481 e. The minimum absolute atomic E-state index is 0.00264. The molecule has 5 heterocycles. The van der Waals surface area contributed by atoms with Crippen molar-refractivity contribution in [1.29, 1.82) is 0 Å². The minimum atomic E-state index is -5.53. The molecule has 3 aromatic rings. The van der Waals surface area contributed by atoms with Crippen LogP contribution >= 0.6 is 23.5 Å². The number of rotatable bonds is 16. The second-order valence-corrected chi connectivity index (χ2v) is 15.8. The van der Waals surface area contributed by atoms with Gasteiger partial charge in [-0.25, -0.2) is 28.6 Å². The van der Waals surface area contributed by atoms with Gasteiger partial charge in [0.1, 0.15) is 42.4 Å². The maximum atomic E-state index is 12.6. The Hall–Kier alpha value is -2.86. The number of ether oxygens (including phenoxy) is 2. The minimum Gasteiger partial charge on any atom is -0.481 e. The third-order valence-corrected chi connectivity index (χ3v) is 11.1. The zero-order valence-electron chi connectivity index (χ0n) is 26.5. The number of nitrogen functional groups attached to an aromatic ring is 1. The summed E-state index contributed by atoms with van der Waals surface area (Å²) in [6.07, 6.45) is -7.56. The SMILES string of the molecule is [CH2]CC(Cc1cc[n+]([C@@H]2O[C@H](COP(=O)(O)OP(=O)(O)OC[C@H]3O[C@@H](n4cnc5c(N)ncnc54)[C@H](OP(=O)(O)O)[C@@H]3O)[C@@H](O)[C@H]2O)cc1)C(=O)O. The standard InChI is InChI=1S/C25H34N6O18P3/c1-2-13(25(35)36)7-12-3-5-30(6-4-12)23-19(34)17(32)14(46-23)8-44-51(40,41)49-52(42,43)45-9-15-18(33)20(48-50(37,38)39)24(47-15)31-11-29-16-21(26)27-10-28-22(16)31/h3-6,10-11,13-15,17-20,23-24,32-34H,1-2,7-9H2,(H6-,26,27,28,35,36,37,38,39,40,41,42,43)/p+1/t13?,14-,15-,17-,18-,19-,20-,23-,24-/m1/s1. The van der Waals surface area contributed by atoms with Gasteiger partial charge in [0, 0.05) is 12.1 Å². The maximum absolute atomic E-state index is 12.6. The van der Waals surface area contributed by atoms with E-state index in [9.17, 15) is 58.5 Å².